The Balaban J connectivity index is 1.74. The molecule has 1 saturated carbocycles. The van der Waals surface area contributed by atoms with Crippen molar-refractivity contribution in [3.63, 3.8) is 0 Å². The summed E-state index contributed by atoms with van der Waals surface area (Å²) in [5, 5.41) is 0. The summed E-state index contributed by atoms with van der Waals surface area (Å²) in [6.45, 7) is 1.99. The van der Waals surface area contributed by atoms with Crippen molar-refractivity contribution in [1.82, 2.24) is 14.4 Å². The smallest absolute Gasteiger partial charge is 0.242 e. The Kier molecular flexibility index (Phi) is 8.71. The van der Waals surface area contributed by atoms with Crippen LogP contribution in [0.2, 0.25) is 0 Å². The molecule has 31 heavy (non-hydrogen) atoms. The van der Waals surface area contributed by atoms with Crippen molar-refractivity contribution in [2.24, 2.45) is 13.0 Å². The summed E-state index contributed by atoms with van der Waals surface area (Å²) in [5.74, 6) is 0.0998. The number of aromatic nitrogens is 1. The topological polar surface area (TPSA) is 54.8 Å². The Morgan fingerprint density at radius 2 is 1.74 bits per heavy atom. The minimum atomic E-state index is -0.0367. The maximum atomic E-state index is 13.4. The molecule has 3 rings (SSSR count). The van der Waals surface area contributed by atoms with Gasteiger partial charge in [-0.1, -0.05) is 49.6 Å². The van der Waals surface area contributed by atoms with Crippen molar-refractivity contribution in [3.8, 4) is 0 Å². The van der Waals surface area contributed by atoms with E-state index in [0.717, 1.165) is 36.9 Å². The Labute approximate surface area is 185 Å². The largest absolute Gasteiger partial charge is 0.383 e. The Morgan fingerprint density at radius 1 is 1.00 bits per heavy atom. The highest BCUT2D eigenvalue weighted by atomic mass is 16.5. The number of methoxy groups -OCH3 is 1. The molecular weight excluding hydrogens is 390 g/mol. The Bertz CT molecular complexity index is 828. The SMILES string of the molecule is COCCN(CC(=O)N(Cc1ccccc1)Cc1cccn1C)C(=O)C1CCCCC1. The number of carbonyl (C=O) groups is 2. The van der Waals surface area contributed by atoms with Crippen molar-refractivity contribution < 1.29 is 14.3 Å². The molecule has 1 fully saturated rings. The summed E-state index contributed by atoms with van der Waals surface area (Å²) in [4.78, 5) is 30.2. The quantitative estimate of drug-likeness (QED) is 0.584. The van der Waals surface area contributed by atoms with Gasteiger partial charge in [0.1, 0.15) is 0 Å². The van der Waals surface area contributed by atoms with E-state index in [9.17, 15) is 9.59 Å². The minimum absolute atomic E-state index is 0.0360. The third kappa shape index (κ3) is 6.69. The fraction of sp³-hybridized carbons (Fsp3) is 0.520. The molecule has 1 heterocycles. The van der Waals surface area contributed by atoms with E-state index in [0.29, 0.717) is 26.2 Å². The molecule has 0 atom stereocenters. The molecule has 0 spiro atoms. The van der Waals surface area contributed by atoms with Crippen molar-refractivity contribution in [1.29, 1.82) is 0 Å². The summed E-state index contributed by atoms with van der Waals surface area (Å²) >= 11 is 0. The molecule has 0 aliphatic heterocycles. The molecule has 0 N–H and O–H groups in total. The lowest BCUT2D eigenvalue weighted by Gasteiger charge is -2.31. The summed E-state index contributed by atoms with van der Waals surface area (Å²) in [6.07, 6.45) is 7.22. The zero-order valence-corrected chi connectivity index (χ0v) is 18.8. The van der Waals surface area contributed by atoms with Gasteiger partial charge in [-0.2, -0.15) is 0 Å². The van der Waals surface area contributed by atoms with Crippen LogP contribution in [0.15, 0.2) is 48.7 Å². The lowest BCUT2D eigenvalue weighted by atomic mass is 9.88. The van der Waals surface area contributed by atoms with E-state index in [-0.39, 0.29) is 24.3 Å². The first kappa shape index (κ1) is 23.1. The second kappa shape index (κ2) is 11.7. The number of ether oxygens (including phenoxy) is 1. The van der Waals surface area contributed by atoms with Gasteiger partial charge in [0.05, 0.1) is 19.7 Å². The number of aryl methyl sites for hydroxylation is 1. The maximum Gasteiger partial charge on any atom is 0.242 e. The van der Waals surface area contributed by atoms with Crippen LogP contribution in [0.4, 0.5) is 0 Å². The number of amides is 2. The highest BCUT2D eigenvalue weighted by molar-refractivity contribution is 5.86. The van der Waals surface area contributed by atoms with Crippen molar-refractivity contribution in [2.45, 2.75) is 45.2 Å². The average Bonchev–Trinajstić information content (AvgIpc) is 3.21. The molecular formula is C25H35N3O3. The van der Waals surface area contributed by atoms with Gasteiger partial charge in [0.2, 0.25) is 11.8 Å². The molecule has 6 heteroatoms. The molecule has 0 bridgehead atoms. The lowest BCUT2D eigenvalue weighted by Crippen LogP contribution is -2.46. The molecule has 0 unspecified atom stereocenters. The van der Waals surface area contributed by atoms with Crippen LogP contribution in [0.25, 0.3) is 0 Å². The predicted octanol–water partition coefficient (Wildman–Crippen LogP) is 3.61. The predicted molar refractivity (Wildman–Crippen MR) is 121 cm³/mol. The van der Waals surface area contributed by atoms with Gasteiger partial charge >= 0.3 is 0 Å². The van der Waals surface area contributed by atoms with Crippen LogP contribution in [-0.4, -0.2) is 53.0 Å². The minimum Gasteiger partial charge on any atom is -0.383 e. The van der Waals surface area contributed by atoms with Gasteiger partial charge in [-0.25, -0.2) is 0 Å². The number of hydrogen-bond donors (Lipinski definition) is 0. The normalized spacial score (nSPS) is 14.4. The van der Waals surface area contributed by atoms with Gasteiger partial charge in [-0.15, -0.1) is 0 Å². The number of hydrogen-bond acceptors (Lipinski definition) is 3. The second-order valence-corrected chi connectivity index (χ2v) is 8.43. The molecule has 0 radical (unpaired) electrons. The lowest BCUT2D eigenvalue weighted by molar-refractivity contribution is -0.144. The Morgan fingerprint density at radius 3 is 2.39 bits per heavy atom. The van der Waals surface area contributed by atoms with Gasteiger partial charge in [0.15, 0.2) is 0 Å². The van der Waals surface area contributed by atoms with Crippen LogP contribution in [0.1, 0.15) is 43.4 Å². The van der Waals surface area contributed by atoms with E-state index in [1.807, 2.05) is 65.2 Å². The molecule has 1 aromatic carbocycles. The van der Waals surface area contributed by atoms with Crippen LogP contribution in [-0.2, 0) is 34.5 Å². The highest BCUT2D eigenvalue weighted by Gasteiger charge is 2.28. The van der Waals surface area contributed by atoms with Gasteiger partial charge < -0.3 is 19.1 Å². The fourth-order valence-corrected chi connectivity index (χ4v) is 4.23. The molecule has 2 aromatic rings. The van der Waals surface area contributed by atoms with Crippen LogP contribution >= 0.6 is 0 Å². The van der Waals surface area contributed by atoms with E-state index < -0.39 is 0 Å². The highest BCUT2D eigenvalue weighted by Crippen LogP contribution is 2.25. The zero-order valence-electron chi connectivity index (χ0n) is 18.8. The molecule has 1 aliphatic rings. The molecule has 168 valence electrons. The van der Waals surface area contributed by atoms with Gasteiger partial charge in [0, 0.05) is 45.1 Å². The van der Waals surface area contributed by atoms with Gasteiger partial charge in [-0.05, 0) is 30.5 Å². The van der Waals surface area contributed by atoms with Crippen LogP contribution in [0.5, 0.6) is 0 Å². The third-order valence-electron chi connectivity index (χ3n) is 6.13. The van der Waals surface area contributed by atoms with Gasteiger partial charge in [0.25, 0.3) is 0 Å². The molecule has 6 nitrogen and oxygen atoms in total. The standard InChI is InChI=1S/C25H35N3O3/c1-26-15-9-14-23(26)19-28(18-21-10-5-3-6-11-21)24(29)20-27(16-17-31-2)25(30)22-12-7-4-8-13-22/h3,5-6,9-11,14-15,22H,4,7-8,12-13,16-20H2,1-2H3. The van der Waals surface area contributed by atoms with E-state index in [1.54, 1.807) is 12.0 Å². The summed E-state index contributed by atoms with van der Waals surface area (Å²) in [7, 11) is 3.61. The monoisotopic (exact) mass is 425 g/mol. The van der Waals surface area contributed by atoms with E-state index in [4.69, 9.17) is 4.74 Å². The first-order valence-corrected chi connectivity index (χ1v) is 11.3. The number of nitrogens with zero attached hydrogens (tertiary/aromatic N) is 3. The average molecular weight is 426 g/mol. The van der Waals surface area contributed by atoms with Gasteiger partial charge in [-0.3, -0.25) is 9.59 Å². The van der Waals surface area contributed by atoms with Crippen molar-refractivity contribution in [3.05, 3.63) is 59.9 Å². The summed E-state index contributed by atoms with van der Waals surface area (Å²) in [6, 6.07) is 14.0. The molecule has 2 amide bonds. The number of rotatable bonds is 10. The number of carbonyl (C=O) groups excluding carboxylic acids is 2. The maximum absolute atomic E-state index is 13.4. The van der Waals surface area contributed by atoms with E-state index in [1.165, 1.54) is 6.42 Å². The zero-order chi connectivity index (χ0) is 22.1. The van der Waals surface area contributed by atoms with E-state index >= 15 is 0 Å². The third-order valence-corrected chi connectivity index (χ3v) is 6.13. The fourth-order valence-electron chi connectivity index (χ4n) is 4.23. The number of benzene rings is 1. The van der Waals surface area contributed by atoms with Crippen molar-refractivity contribution >= 4 is 11.8 Å². The van der Waals surface area contributed by atoms with Crippen molar-refractivity contribution in [2.75, 3.05) is 26.8 Å². The molecule has 0 saturated heterocycles. The summed E-state index contributed by atoms with van der Waals surface area (Å²) in [5.41, 5.74) is 2.14. The first-order chi connectivity index (χ1) is 15.1. The summed E-state index contributed by atoms with van der Waals surface area (Å²) < 4.78 is 7.26. The molecule has 1 aliphatic carbocycles. The van der Waals surface area contributed by atoms with E-state index in [2.05, 4.69) is 0 Å². The Hall–Kier alpha value is -2.60. The van der Waals surface area contributed by atoms with Crippen LogP contribution < -0.4 is 0 Å². The second-order valence-electron chi connectivity index (χ2n) is 8.43. The first-order valence-electron chi connectivity index (χ1n) is 11.3. The molecule has 1 aromatic heterocycles. The van der Waals surface area contributed by atoms with Crippen LogP contribution in [0.3, 0.4) is 0 Å². The van der Waals surface area contributed by atoms with Crippen LogP contribution in [0, 0.1) is 5.92 Å².